The Balaban J connectivity index is 1.88. The highest BCUT2D eigenvalue weighted by molar-refractivity contribution is 7.92. The highest BCUT2D eigenvalue weighted by Gasteiger charge is 2.19. The number of hydrogen-bond donors (Lipinski definition) is 2. The zero-order valence-corrected chi connectivity index (χ0v) is 17.0. The van der Waals surface area contributed by atoms with E-state index < -0.39 is 10.0 Å². The summed E-state index contributed by atoms with van der Waals surface area (Å²) in [7, 11) is -2.10. The van der Waals surface area contributed by atoms with E-state index in [1.807, 2.05) is 26.0 Å². The number of nitrogens with zero attached hydrogens (tertiary/aromatic N) is 2. The SMILES string of the molecule is Cc1ccc(NS(=O)(=O)c2cc(NC(=O)c3cnn(C)c3)ccc2C)c(C)c1. The van der Waals surface area contributed by atoms with Gasteiger partial charge in [-0.1, -0.05) is 23.8 Å². The lowest BCUT2D eigenvalue weighted by atomic mass is 10.1. The van der Waals surface area contributed by atoms with Crippen LogP contribution in [0.25, 0.3) is 0 Å². The van der Waals surface area contributed by atoms with E-state index in [-0.39, 0.29) is 10.8 Å². The number of aromatic nitrogens is 2. The molecule has 0 saturated carbocycles. The Morgan fingerprint density at radius 2 is 1.79 bits per heavy atom. The molecule has 0 aliphatic carbocycles. The van der Waals surface area contributed by atoms with Crippen molar-refractivity contribution in [2.75, 3.05) is 10.0 Å². The molecule has 2 aromatic carbocycles. The molecule has 2 N–H and O–H groups in total. The van der Waals surface area contributed by atoms with Crippen LogP contribution in [0, 0.1) is 20.8 Å². The van der Waals surface area contributed by atoms with Crippen LogP contribution < -0.4 is 10.0 Å². The molecular formula is C20H22N4O3S. The largest absolute Gasteiger partial charge is 0.322 e. The number of carbonyl (C=O) groups is 1. The van der Waals surface area contributed by atoms with Gasteiger partial charge >= 0.3 is 0 Å². The molecule has 1 amide bonds. The first-order chi connectivity index (χ1) is 13.2. The van der Waals surface area contributed by atoms with Crippen molar-refractivity contribution < 1.29 is 13.2 Å². The molecule has 0 aliphatic heterocycles. The van der Waals surface area contributed by atoms with Gasteiger partial charge < -0.3 is 5.32 Å². The Hall–Kier alpha value is -3.13. The number of anilines is 2. The normalized spacial score (nSPS) is 11.3. The second-order valence-electron chi connectivity index (χ2n) is 6.76. The van der Waals surface area contributed by atoms with Gasteiger partial charge in [0.05, 0.1) is 22.3 Å². The number of hydrogen-bond acceptors (Lipinski definition) is 4. The summed E-state index contributed by atoms with van der Waals surface area (Å²) in [6, 6.07) is 10.3. The summed E-state index contributed by atoms with van der Waals surface area (Å²) in [5, 5.41) is 6.67. The van der Waals surface area contributed by atoms with E-state index in [1.54, 1.807) is 38.4 Å². The maximum atomic E-state index is 12.9. The standard InChI is InChI=1S/C20H22N4O3S/c1-13-5-8-18(15(3)9-13)23-28(26,27)19-10-17(7-6-14(19)2)22-20(25)16-11-21-24(4)12-16/h5-12,23H,1-4H3,(H,22,25). The summed E-state index contributed by atoms with van der Waals surface area (Å²) < 4.78 is 30.0. The molecule has 0 saturated heterocycles. The van der Waals surface area contributed by atoms with Crippen molar-refractivity contribution in [3.8, 4) is 0 Å². The summed E-state index contributed by atoms with van der Waals surface area (Å²) in [5.74, 6) is -0.359. The van der Waals surface area contributed by atoms with Crippen molar-refractivity contribution >= 4 is 27.3 Å². The summed E-state index contributed by atoms with van der Waals surface area (Å²) in [4.78, 5) is 12.4. The fraction of sp³-hybridized carbons (Fsp3) is 0.200. The van der Waals surface area contributed by atoms with Crippen LogP contribution in [0.2, 0.25) is 0 Å². The number of rotatable bonds is 5. The minimum atomic E-state index is -3.82. The summed E-state index contributed by atoms with van der Waals surface area (Å²) >= 11 is 0. The van der Waals surface area contributed by atoms with Crippen molar-refractivity contribution in [1.82, 2.24) is 9.78 Å². The minimum absolute atomic E-state index is 0.108. The molecule has 7 nitrogen and oxygen atoms in total. The second kappa shape index (κ2) is 7.47. The van der Waals surface area contributed by atoms with E-state index in [2.05, 4.69) is 15.1 Å². The van der Waals surface area contributed by atoms with Gasteiger partial charge in [-0.15, -0.1) is 0 Å². The molecule has 0 bridgehead atoms. The molecule has 28 heavy (non-hydrogen) atoms. The fourth-order valence-corrected chi connectivity index (χ4v) is 4.24. The third-order valence-electron chi connectivity index (χ3n) is 4.33. The maximum absolute atomic E-state index is 12.9. The average molecular weight is 398 g/mol. The lowest BCUT2D eigenvalue weighted by molar-refractivity contribution is 0.102. The van der Waals surface area contributed by atoms with Gasteiger partial charge in [-0.2, -0.15) is 5.10 Å². The Morgan fingerprint density at radius 1 is 1.04 bits per heavy atom. The maximum Gasteiger partial charge on any atom is 0.262 e. The van der Waals surface area contributed by atoms with Gasteiger partial charge in [0.1, 0.15) is 0 Å². The Kier molecular flexibility index (Phi) is 5.24. The number of benzene rings is 2. The molecule has 0 unspecified atom stereocenters. The molecule has 3 rings (SSSR count). The molecule has 8 heteroatoms. The molecule has 0 radical (unpaired) electrons. The summed E-state index contributed by atoms with van der Waals surface area (Å²) in [6.45, 7) is 5.51. The zero-order chi connectivity index (χ0) is 20.5. The van der Waals surface area contributed by atoms with Gasteiger partial charge in [0.15, 0.2) is 0 Å². The highest BCUT2D eigenvalue weighted by atomic mass is 32.2. The molecule has 146 valence electrons. The number of nitrogens with one attached hydrogen (secondary N) is 2. The topological polar surface area (TPSA) is 93.1 Å². The van der Waals surface area contributed by atoms with Crippen LogP contribution in [0.3, 0.4) is 0 Å². The van der Waals surface area contributed by atoms with Crippen molar-refractivity contribution in [2.24, 2.45) is 7.05 Å². The number of sulfonamides is 1. The van der Waals surface area contributed by atoms with Gasteiger partial charge in [0.25, 0.3) is 15.9 Å². The molecule has 0 fully saturated rings. The fourth-order valence-electron chi connectivity index (χ4n) is 2.84. The smallest absolute Gasteiger partial charge is 0.262 e. The molecule has 0 aliphatic rings. The van der Waals surface area contributed by atoms with Crippen molar-refractivity contribution in [3.63, 3.8) is 0 Å². The first-order valence-electron chi connectivity index (χ1n) is 8.66. The Labute approximate surface area is 164 Å². The summed E-state index contributed by atoms with van der Waals surface area (Å²) in [6.07, 6.45) is 3.03. The number of amides is 1. The van der Waals surface area contributed by atoms with E-state index in [0.717, 1.165) is 11.1 Å². The van der Waals surface area contributed by atoms with Gasteiger partial charge in [0, 0.05) is 18.9 Å². The van der Waals surface area contributed by atoms with Crippen molar-refractivity contribution in [3.05, 3.63) is 71.0 Å². The van der Waals surface area contributed by atoms with E-state index in [4.69, 9.17) is 0 Å². The molecular weight excluding hydrogens is 376 g/mol. The van der Waals surface area contributed by atoms with Crippen molar-refractivity contribution in [1.29, 1.82) is 0 Å². The monoisotopic (exact) mass is 398 g/mol. The molecule has 1 heterocycles. The van der Waals surface area contributed by atoms with Gasteiger partial charge in [0.2, 0.25) is 0 Å². The van der Waals surface area contributed by atoms with Gasteiger partial charge in [-0.25, -0.2) is 8.42 Å². The van der Waals surface area contributed by atoms with Gasteiger partial charge in [-0.3, -0.25) is 14.2 Å². The van der Waals surface area contributed by atoms with E-state index >= 15 is 0 Å². The predicted molar refractivity (Wildman–Crippen MR) is 109 cm³/mol. The minimum Gasteiger partial charge on any atom is -0.322 e. The lowest BCUT2D eigenvalue weighted by Gasteiger charge is -2.14. The third kappa shape index (κ3) is 4.23. The number of aryl methyl sites for hydroxylation is 4. The highest BCUT2D eigenvalue weighted by Crippen LogP contribution is 2.25. The first kappa shape index (κ1) is 19.6. The number of carbonyl (C=O) groups excluding carboxylic acids is 1. The van der Waals surface area contributed by atoms with E-state index in [1.165, 1.54) is 16.9 Å². The van der Waals surface area contributed by atoms with Gasteiger partial charge in [-0.05, 0) is 50.1 Å². The molecule has 0 atom stereocenters. The third-order valence-corrected chi connectivity index (χ3v) is 5.84. The average Bonchev–Trinajstić information content (AvgIpc) is 3.05. The van der Waals surface area contributed by atoms with Crippen LogP contribution in [0.15, 0.2) is 53.7 Å². The molecule has 1 aromatic heterocycles. The van der Waals surface area contributed by atoms with E-state index in [9.17, 15) is 13.2 Å². The Bertz CT molecular complexity index is 1150. The predicted octanol–water partition coefficient (Wildman–Crippen LogP) is 3.40. The van der Waals surface area contributed by atoms with Crippen molar-refractivity contribution in [2.45, 2.75) is 25.7 Å². The van der Waals surface area contributed by atoms with Crippen LogP contribution in [0.1, 0.15) is 27.0 Å². The van der Waals surface area contributed by atoms with Crippen LogP contribution in [-0.4, -0.2) is 24.1 Å². The van der Waals surface area contributed by atoms with Crippen LogP contribution in [0.5, 0.6) is 0 Å². The van der Waals surface area contributed by atoms with Crippen LogP contribution in [0.4, 0.5) is 11.4 Å². The van der Waals surface area contributed by atoms with Crippen LogP contribution >= 0.6 is 0 Å². The first-order valence-corrected chi connectivity index (χ1v) is 10.1. The zero-order valence-electron chi connectivity index (χ0n) is 16.1. The lowest BCUT2D eigenvalue weighted by Crippen LogP contribution is -2.16. The quantitative estimate of drug-likeness (QED) is 0.689. The molecule has 3 aromatic rings. The second-order valence-corrected chi connectivity index (χ2v) is 8.41. The summed E-state index contributed by atoms with van der Waals surface area (Å²) in [5.41, 5.74) is 3.77. The molecule has 0 spiro atoms. The van der Waals surface area contributed by atoms with E-state index in [0.29, 0.717) is 22.5 Å². The Morgan fingerprint density at radius 3 is 2.43 bits per heavy atom. The van der Waals surface area contributed by atoms with Crippen LogP contribution in [-0.2, 0) is 17.1 Å².